The first kappa shape index (κ1) is 12.9. The zero-order valence-electron chi connectivity index (χ0n) is 10.8. The summed E-state index contributed by atoms with van der Waals surface area (Å²) >= 11 is 0. The number of rotatable bonds is 4. The zero-order valence-corrected chi connectivity index (χ0v) is 10.8. The van der Waals surface area contributed by atoms with Gasteiger partial charge in [-0.2, -0.15) is 0 Å². The van der Waals surface area contributed by atoms with Gasteiger partial charge in [0.2, 0.25) is 0 Å². The van der Waals surface area contributed by atoms with Crippen molar-refractivity contribution in [3.05, 3.63) is 0 Å². The molecule has 1 N–H and O–H groups in total. The molecule has 0 spiro atoms. The van der Waals surface area contributed by atoms with Crippen molar-refractivity contribution in [2.24, 2.45) is 5.92 Å². The van der Waals surface area contributed by atoms with Gasteiger partial charge in [0.25, 0.3) is 0 Å². The van der Waals surface area contributed by atoms with Crippen molar-refractivity contribution >= 4 is 0 Å². The highest BCUT2D eigenvalue weighted by molar-refractivity contribution is 4.85. The predicted molar refractivity (Wildman–Crippen MR) is 64.2 cm³/mol. The standard InChI is InChI=1S/C12H26N2O/c1-10-6-7-14(8-11(10)15-5)9-12(2,3)13-4/h10-11,13H,6-9H2,1-5H3. The van der Waals surface area contributed by atoms with Crippen LogP contribution in [0, 0.1) is 5.92 Å². The fourth-order valence-electron chi connectivity index (χ4n) is 2.19. The Labute approximate surface area is 94.2 Å². The van der Waals surface area contributed by atoms with Gasteiger partial charge in [0.1, 0.15) is 0 Å². The molecule has 1 saturated heterocycles. The van der Waals surface area contributed by atoms with Crippen LogP contribution in [0.15, 0.2) is 0 Å². The van der Waals surface area contributed by atoms with Crippen LogP contribution in [0.4, 0.5) is 0 Å². The Morgan fingerprint density at radius 2 is 2.13 bits per heavy atom. The molecule has 90 valence electrons. The Morgan fingerprint density at radius 1 is 1.47 bits per heavy atom. The Hall–Kier alpha value is -0.120. The van der Waals surface area contributed by atoms with Gasteiger partial charge < -0.3 is 10.1 Å². The number of methoxy groups -OCH3 is 1. The van der Waals surface area contributed by atoms with Crippen LogP contribution in [0.5, 0.6) is 0 Å². The Bertz CT molecular complexity index is 194. The van der Waals surface area contributed by atoms with Crippen molar-refractivity contribution in [1.29, 1.82) is 0 Å². The van der Waals surface area contributed by atoms with E-state index in [9.17, 15) is 0 Å². The molecule has 0 amide bonds. The van der Waals surface area contributed by atoms with Crippen LogP contribution in [0.1, 0.15) is 27.2 Å². The molecule has 2 unspecified atom stereocenters. The third-order valence-electron chi connectivity index (χ3n) is 3.57. The van der Waals surface area contributed by atoms with Gasteiger partial charge in [-0.15, -0.1) is 0 Å². The summed E-state index contributed by atoms with van der Waals surface area (Å²) in [7, 11) is 3.86. The third-order valence-corrected chi connectivity index (χ3v) is 3.57. The van der Waals surface area contributed by atoms with Crippen LogP contribution in [-0.4, -0.2) is 50.3 Å². The molecule has 0 bridgehead atoms. The van der Waals surface area contributed by atoms with E-state index in [2.05, 4.69) is 31.0 Å². The van der Waals surface area contributed by atoms with Crippen molar-refractivity contribution in [3.8, 4) is 0 Å². The summed E-state index contributed by atoms with van der Waals surface area (Å²) in [5.74, 6) is 0.698. The van der Waals surface area contributed by atoms with E-state index in [1.165, 1.54) is 13.0 Å². The summed E-state index contributed by atoms with van der Waals surface area (Å²) in [4.78, 5) is 2.50. The van der Waals surface area contributed by atoms with E-state index < -0.39 is 0 Å². The van der Waals surface area contributed by atoms with Crippen molar-refractivity contribution in [1.82, 2.24) is 10.2 Å². The molecule has 1 heterocycles. The number of hydrogen-bond acceptors (Lipinski definition) is 3. The maximum Gasteiger partial charge on any atom is 0.0724 e. The first-order valence-electron chi connectivity index (χ1n) is 5.92. The van der Waals surface area contributed by atoms with Gasteiger partial charge in [-0.25, -0.2) is 0 Å². The summed E-state index contributed by atoms with van der Waals surface area (Å²) in [6.07, 6.45) is 1.66. The zero-order chi connectivity index (χ0) is 11.5. The molecule has 0 radical (unpaired) electrons. The monoisotopic (exact) mass is 214 g/mol. The van der Waals surface area contributed by atoms with Gasteiger partial charge in [0, 0.05) is 25.7 Å². The minimum atomic E-state index is 0.193. The molecule has 1 aliphatic heterocycles. The van der Waals surface area contributed by atoms with E-state index in [1.807, 2.05) is 14.2 Å². The van der Waals surface area contributed by atoms with Gasteiger partial charge in [-0.05, 0) is 39.8 Å². The lowest BCUT2D eigenvalue weighted by atomic mass is 9.94. The highest BCUT2D eigenvalue weighted by atomic mass is 16.5. The summed E-state index contributed by atoms with van der Waals surface area (Å²) < 4.78 is 5.52. The van der Waals surface area contributed by atoms with Crippen LogP contribution in [0.25, 0.3) is 0 Å². The van der Waals surface area contributed by atoms with E-state index in [1.54, 1.807) is 0 Å². The number of nitrogens with zero attached hydrogens (tertiary/aromatic N) is 1. The SMILES string of the molecule is CNC(C)(C)CN1CCC(C)C(OC)C1. The van der Waals surface area contributed by atoms with Crippen LogP contribution in [-0.2, 0) is 4.74 Å². The van der Waals surface area contributed by atoms with Crippen LogP contribution < -0.4 is 5.32 Å². The number of likely N-dealkylation sites (tertiary alicyclic amines) is 1. The lowest BCUT2D eigenvalue weighted by Gasteiger charge is -2.40. The Balaban J connectivity index is 2.45. The molecule has 0 aromatic carbocycles. The Kier molecular flexibility index (Phi) is 4.56. The molecular formula is C12H26N2O. The quantitative estimate of drug-likeness (QED) is 0.764. The van der Waals surface area contributed by atoms with Gasteiger partial charge in [0.05, 0.1) is 6.10 Å². The summed E-state index contributed by atoms with van der Waals surface area (Å²) in [6, 6.07) is 0. The molecular weight excluding hydrogens is 188 g/mol. The molecule has 3 nitrogen and oxygen atoms in total. The summed E-state index contributed by atoms with van der Waals surface area (Å²) in [5, 5.41) is 3.35. The van der Waals surface area contributed by atoms with E-state index in [0.717, 1.165) is 13.1 Å². The van der Waals surface area contributed by atoms with Crippen molar-refractivity contribution in [2.45, 2.75) is 38.8 Å². The van der Waals surface area contributed by atoms with E-state index >= 15 is 0 Å². The largest absolute Gasteiger partial charge is 0.380 e. The highest BCUT2D eigenvalue weighted by Crippen LogP contribution is 2.20. The lowest BCUT2D eigenvalue weighted by Crippen LogP contribution is -2.52. The molecule has 1 rings (SSSR count). The molecule has 0 aromatic heterocycles. The van der Waals surface area contributed by atoms with Crippen LogP contribution in [0.2, 0.25) is 0 Å². The van der Waals surface area contributed by atoms with Gasteiger partial charge in [-0.1, -0.05) is 6.92 Å². The number of ether oxygens (including phenoxy) is 1. The van der Waals surface area contributed by atoms with Gasteiger partial charge >= 0.3 is 0 Å². The second-order valence-electron chi connectivity index (χ2n) is 5.41. The lowest BCUT2D eigenvalue weighted by molar-refractivity contribution is -0.0109. The Morgan fingerprint density at radius 3 is 2.67 bits per heavy atom. The second kappa shape index (κ2) is 5.28. The highest BCUT2D eigenvalue weighted by Gasteiger charge is 2.28. The third kappa shape index (κ3) is 3.74. The van der Waals surface area contributed by atoms with Crippen LogP contribution >= 0.6 is 0 Å². The molecule has 0 saturated carbocycles. The molecule has 1 aliphatic rings. The number of nitrogens with one attached hydrogen (secondary N) is 1. The summed E-state index contributed by atoms with van der Waals surface area (Å²) in [6.45, 7) is 10.1. The average molecular weight is 214 g/mol. The molecule has 2 atom stereocenters. The number of likely N-dealkylation sites (N-methyl/N-ethyl adjacent to an activating group) is 1. The average Bonchev–Trinajstić information content (AvgIpc) is 2.20. The van der Waals surface area contributed by atoms with Crippen molar-refractivity contribution in [3.63, 3.8) is 0 Å². The minimum Gasteiger partial charge on any atom is -0.380 e. The topological polar surface area (TPSA) is 24.5 Å². The number of piperidine rings is 1. The van der Waals surface area contributed by atoms with Crippen molar-refractivity contribution in [2.75, 3.05) is 33.8 Å². The smallest absolute Gasteiger partial charge is 0.0724 e. The predicted octanol–water partition coefficient (Wildman–Crippen LogP) is 1.34. The van der Waals surface area contributed by atoms with E-state index in [4.69, 9.17) is 4.74 Å². The molecule has 3 heteroatoms. The maximum absolute atomic E-state index is 5.52. The van der Waals surface area contributed by atoms with Gasteiger partial charge in [0.15, 0.2) is 0 Å². The van der Waals surface area contributed by atoms with Gasteiger partial charge in [-0.3, -0.25) is 4.90 Å². The summed E-state index contributed by atoms with van der Waals surface area (Å²) in [5.41, 5.74) is 0.193. The van der Waals surface area contributed by atoms with Crippen LogP contribution in [0.3, 0.4) is 0 Å². The van der Waals surface area contributed by atoms with Crippen molar-refractivity contribution < 1.29 is 4.74 Å². The fourth-order valence-corrected chi connectivity index (χ4v) is 2.19. The first-order chi connectivity index (χ1) is 6.98. The fraction of sp³-hybridized carbons (Fsp3) is 1.00. The first-order valence-corrected chi connectivity index (χ1v) is 5.92. The molecule has 1 fully saturated rings. The minimum absolute atomic E-state index is 0.193. The second-order valence-corrected chi connectivity index (χ2v) is 5.41. The number of hydrogen-bond donors (Lipinski definition) is 1. The maximum atomic E-state index is 5.52. The molecule has 15 heavy (non-hydrogen) atoms. The molecule has 0 aliphatic carbocycles. The van der Waals surface area contributed by atoms with E-state index in [-0.39, 0.29) is 5.54 Å². The normalized spacial score (nSPS) is 29.4. The van der Waals surface area contributed by atoms with E-state index in [0.29, 0.717) is 12.0 Å². The molecule has 0 aromatic rings.